The molecule has 1 aliphatic heterocycles. The van der Waals surface area contributed by atoms with Crippen LogP contribution in [0.25, 0.3) is 10.9 Å². The van der Waals surface area contributed by atoms with Gasteiger partial charge in [0.15, 0.2) is 0 Å². The molecule has 2 N–H and O–H groups in total. The number of fused-ring (bicyclic) bond motifs is 1. The number of morpholine rings is 1. The summed E-state index contributed by atoms with van der Waals surface area (Å²) in [4.78, 5) is 24.3. The number of para-hydroxylation sites is 1. The number of hydrogen-bond acceptors (Lipinski definition) is 7. The van der Waals surface area contributed by atoms with Crippen molar-refractivity contribution < 1.29 is 32.7 Å². The first-order valence-corrected chi connectivity index (χ1v) is 11.5. The summed E-state index contributed by atoms with van der Waals surface area (Å²) in [6.07, 6.45) is -0.606. The van der Waals surface area contributed by atoms with E-state index in [0.717, 1.165) is 10.4 Å². The van der Waals surface area contributed by atoms with Crippen molar-refractivity contribution in [3.8, 4) is 5.75 Å². The number of nitro groups is 1. The van der Waals surface area contributed by atoms with E-state index in [1.54, 1.807) is 24.3 Å². The number of aromatic amines is 1. The van der Waals surface area contributed by atoms with Crippen LogP contribution in [0, 0.1) is 10.1 Å². The van der Waals surface area contributed by atoms with Crippen molar-refractivity contribution in [2.75, 3.05) is 26.3 Å². The van der Waals surface area contributed by atoms with Gasteiger partial charge in [0, 0.05) is 29.6 Å². The van der Waals surface area contributed by atoms with Crippen LogP contribution in [0.2, 0.25) is 5.02 Å². The summed E-state index contributed by atoms with van der Waals surface area (Å²) in [5.74, 6) is -0.986. The van der Waals surface area contributed by atoms with Crippen LogP contribution < -0.4 is 4.74 Å². The number of hydrogen-bond donors (Lipinski definition) is 2. The van der Waals surface area contributed by atoms with Crippen LogP contribution in [0.4, 0.5) is 5.69 Å². The Morgan fingerprint density at radius 3 is 2.73 bits per heavy atom. The van der Waals surface area contributed by atoms with Crippen molar-refractivity contribution in [1.29, 1.82) is 0 Å². The lowest BCUT2D eigenvalue weighted by molar-refractivity contribution is -0.383. The van der Waals surface area contributed by atoms with Gasteiger partial charge in [-0.05, 0) is 18.2 Å². The molecule has 0 amide bonds. The second-order valence-corrected chi connectivity index (χ2v) is 9.53. The molecule has 3 aromatic rings. The Bertz CT molecular complexity index is 1330. The summed E-state index contributed by atoms with van der Waals surface area (Å²) in [5.41, 5.74) is -1.45. The minimum Gasteiger partial charge on any atom is -0.491 e. The Morgan fingerprint density at radius 2 is 2.06 bits per heavy atom. The molecule has 0 saturated carbocycles. The van der Waals surface area contributed by atoms with Crippen LogP contribution in [0.1, 0.15) is 10.5 Å². The maximum Gasteiger partial charge on any atom is 0.353 e. The van der Waals surface area contributed by atoms with Gasteiger partial charge < -0.3 is 19.6 Å². The smallest absolute Gasteiger partial charge is 0.353 e. The number of halogens is 1. The number of nitro benzene ring substituents is 1. The molecule has 1 saturated heterocycles. The van der Waals surface area contributed by atoms with Crippen LogP contribution >= 0.6 is 11.6 Å². The number of nitrogens with one attached hydrogen (secondary N) is 1. The van der Waals surface area contributed by atoms with Gasteiger partial charge in [0.05, 0.1) is 11.5 Å². The molecule has 0 spiro atoms. The number of carboxylic acids is 1. The number of carboxylic acid groups (broad SMARTS) is 1. The average Bonchev–Trinajstić information content (AvgIpc) is 3.18. The highest BCUT2D eigenvalue weighted by atomic mass is 35.5. The van der Waals surface area contributed by atoms with E-state index in [0.29, 0.717) is 5.75 Å². The average molecular weight is 496 g/mol. The predicted molar refractivity (Wildman–Crippen MR) is 117 cm³/mol. The number of sulfonamides is 1. The molecule has 2 aromatic carbocycles. The highest BCUT2D eigenvalue weighted by Gasteiger charge is 2.38. The molecule has 33 heavy (non-hydrogen) atoms. The van der Waals surface area contributed by atoms with Crippen LogP contribution in [0.5, 0.6) is 5.75 Å². The minimum absolute atomic E-state index is 0.0292. The topological polar surface area (TPSA) is 152 Å². The Hall–Kier alpha value is -3.19. The number of benzene rings is 2. The van der Waals surface area contributed by atoms with E-state index in [9.17, 15) is 28.4 Å². The number of aromatic carboxylic acids is 1. The molecule has 0 bridgehead atoms. The zero-order valence-electron chi connectivity index (χ0n) is 16.9. The summed E-state index contributed by atoms with van der Waals surface area (Å²) in [7, 11) is -4.39. The van der Waals surface area contributed by atoms with Crippen molar-refractivity contribution in [1.82, 2.24) is 9.29 Å². The SMILES string of the molecule is O=C(O)c1[nH]c2c([N+](=O)[O-])cc(Cl)cc2c1S(=O)(=O)N1CCOC(COc2ccccc2)C1. The fourth-order valence-electron chi connectivity index (χ4n) is 3.63. The molecular formula is C20H18ClN3O8S. The molecule has 1 unspecified atom stereocenters. The first kappa shape index (κ1) is 23.0. The molecule has 1 atom stereocenters. The third-order valence-corrected chi connectivity index (χ3v) is 7.26. The summed E-state index contributed by atoms with van der Waals surface area (Å²) in [6, 6.07) is 11.1. The number of carbonyl (C=O) groups is 1. The first-order valence-electron chi connectivity index (χ1n) is 9.71. The molecule has 174 valence electrons. The van der Waals surface area contributed by atoms with E-state index in [1.807, 2.05) is 6.07 Å². The molecule has 0 radical (unpaired) electrons. The fourth-order valence-corrected chi connectivity index (χ4v) is 5.61. The van der Waals surface area contributed by atoms with E-state index in [-0.39, 0.29) is 42.2 Å². The Morgan fingerprint density at radius 1 is 1.33 bits per heavy atom. The van der Waals surface area contributed by atoms with Gasteiger partial charge in [-0.3, -0.25) is 10.1 Å². The summed E-state index contributed by atoms with van der Waals surface area (Å²) in [5, 5.41) is 20.8. The largest absolute Gasteiger partial charge is 0.491 e. The van der Waals surface area contributed by atoms with Gasteiger partial charge in [-0.2, -0.15) is 4.31 Å². The van der Waals surface area contributed by atoms with E-state index >= 15 is 0 Å². The van der Waals surface area contributed by atoms with Gasteiger partial charge in [-0.15, -0.1) is 0 Å². The van der Waals surface area contributed by atoms with Crippen LogP contribution in [-0.2, 0) is 14.8 Å². The normalized spacial score (nSPS) is 17.2. The van der Waals surface area contributed by atoms with Crippen molar-refractivity contribution in [2.45, 2.75) is 11.0 Å². The lowest BCUT2D eigenvalue weighted by Gasteiger charge is -2.32. The summed E-state index contributed by atoms with van der Waals surface area (Å²) in [6.45, 7) is 0.0167. The van der Waals surface area contributed by atoms with Gasteiger partial charge in [-0.1, -0.05) is 29.8 Å². The molecule has 1 aliphatic rings. The highest BCUT2D eigenvalue weighted by Crippen LogP contribution is 2.37. The summed E-state index contributed by atoms with van der Waals surface area (Å²) < 4.78 is 39.4. The number of aromatic nitrogens is 1. The van der Waals surface area contributed by atoms with Crippen molar-refractivity contribution >= 4 is 44.2 Å². The molecule has 13 heteroatoms. The van der Waals surface area contributed by atoms with Crippen molar-refractivity contribution in [2.24, 2.45) is 0 Å². The molecule has 2 heterocycles. The van der Waals surface area contributed by atoms with Gasteiger partial charge in [0.1, 0.15) is 34.6 Å². The van der Waals surface area contributed by atoms with Gasteiger partial charge in [0.2, 0.25) is 10.0 Å². The molecule has 0 aliphatic carbocycles. The van der Waals surface area contributed by atoms with Gasteiger partial charge >= 0.3 is 5.97 Å². The minimum atomic E-state index is -4.39. The molecule has 11 nitrogen and oxygen atoms in total. The maximum absolute atomic E-state index is 13.5. The monoisotopic (exact) mass is 495 g/mol. The molecule has 1 aromatic heterocycles. The summed E-state index contributed by atoms with van der Waals surface area (Å²) >= 11 is 5.98. The standard InChI is InChI=1S/C20H18ClN3O8S/c21-12-8-15-17(16(9-12)24(27)28)22-18(20(25)26)19(15)33(29,30)23-6-7-31-14(10-23)11-32-13-4-2-1-3-5-13/h1-5,8-9,14,22H,6-7,10-11H2,(H,25,26). The third-order valence-electron chi connectivity index (χ3n) is 5.09. The van der Waals surface area contributed by atoms with E-state index < -0.39 is 43.3 Å². The number of H-pyrrole nitrogens is 1. The Kier molecular flexibility index (Phi) is 6.26. The van der Waals surface area contributed by atoms with Crippen molar-refractivity contribution in [3.63, 3.8) is 0 Å². The zero-order valence-corrected chi connectivity index (χ0v) is 18.5. The van der Waals surface area contributed by atoms with E-state index in [4.69, 9.17) is 21.1 Å². The third kappa shape index (κ3) is 4.50. The number of non-ortho nitro benzene ring substituents is 1. The van der Waals surface area contributed by atoms with E-state index in [2.05, 4.69) is 4.98 Å². The molecular weight excluding hydrogens is 478 g/mol. The Labute approximate surface area is 192 Å². The van der Waals surface area contributed by atoms with Crippen LogP contribution in [-0.4, -0.2) is 66.1 Å². The maximum atomic E-state index is 13.5. The number of ether oxygens (including phenoxy) is 2. The Balaban J connectivity index is 1.70. The van der Waals surface area contributed by atoms with Crippen molar-refractivity contribution in [3.05, 3.63) is 63.3 Å². The number of rotatable bonds is 7. The van der Waals surface area contributed by atoms with Gasteiger partial charge in [0.25, 0.3) is 5.69 Å². The number of nitrogens with zero attached hydrogens (tertiary/aromatic N) is 2. The van der Waals surface area contributed by atoms with Crippen LogP contribution in [0.15, 0.2) is 47.4 Å². The molecule has 1 fully saturated rings. The highest BCUT2D eigenvalue weighted by molar-refractivity contribution is 7.89. The predicted octanol–water partition coefficient (Wildman–Crippen LogP) is 2.90. The lowest BCUT2D eigenvalue weighted by atomic mass is 10.2. The second kappa shape index (κ2) is 8.98. The quantitative estimate of drug-likeness (QED) is 0.375. The second-order valence-electron chi connectivity index (χ2n) is 7.22. The van der Waals surface area contributed by atoms with E-state index in [1.165, 1.54) is 6.07 Å². The zero-order chi connectivity index (χ0) is 23.8. The van der Waals surface area contributed by atoms with Gasteiger partial charge in [-0.25, -0.2) is 13.2 Å². The molecule has 4 rings (SSSR count). The fraction of sp³-hybridized carbons (Fsp3) is 0.250. The first-order chi connectivity index (χ1) is 15.7. The van der Waals surface area contributed by atoms with Crippen LogP contribution in [0.3, 0.4) is 0 Å². The lowest BCUT2D eigenvalue weighted by Crippen LogP contribution is -2.47.